The van der Waals surface area contributed by atoms with Crippen molar-refractivity contribution in [2.75, 3.05) is 0 Å². The first-order valence-corrected chi connectivity index (χ1v) is 3.96. The molecule has 0 aromatic carbocycles. The Morgan fingerprint density at radius 3 is 2.69 bits per heavy atom. The van der Waals surface area contributed by atoms with Crippen LogP contribution >= 0.6 is 0 Å². The minimum atomic E-state index is -1.17. The molecule has 0 radical (unpaired) electrons. The molecule has 1 aromatic heterocycles. The summed E-state index contributed by atoms with van der Waals surface area (Å²) in [4.78, 5) is 23.4. The molecule has 0 spiro atoms. The van der Waals surface area contributed by atoms with Gasteiger partial charge in [0.05, 0.1) is 0 Å². The standard InChI is InChI=1S/C8H11NO4/c1-4(2)3-5-6(7(10)11)9-8(12)13-5/h4H,3H2,1-2H3,(H,9,12)(H,10,11). The number of aromatic amines is 1. The minimum Gasteiger partial charge on any atom is -0.476 e. The van der Waals surface area contributed by atoms with E-state index in [0.29, 0.717) is 6.42 Å². The molecule has 0 amide bonds. The van der Waals surface area contributed by atoms with Crippen molar-refractivity contribution in [2.24, 2.45) is 5.92 Å². The van der Waals surface area contributed by atoms with Gasteiger partial charge in [-0.1, -0.05) is 13.8 Å². The van der Waals surface area contributed by atoms with Crippen molar-refractivity contribution in [3.63, 3.8) is 0 Å². The molecule has 72 valence electrons. The van der Waals surface area contributed by atoms with Crippen molar-refractivity contribution in [3.05, 3.63) is 22.0 Å². The Morgan fingerprint density at radius 1 is 1.62 bits per heavy atom. The number of carbonyl (C=O) groups is 1. The van der Waals surface area contributed by atoms with E-state index in [0.717, 1.165) is 0 Å². The number of hydrogen-bond acceptors (Lipinski definition) is 3. The SMILES string of the molecule is CC(C)Cc1oc(=O)[nH]c1C(=O)O. The Labute approximate surface area is 74.4 Å². The fourth-order valence-electron chi connectivity index (χ4n) is 1.05. The molecular formula is C8H11NO4. The molecule has 0 fully saturated rings. The third kappa shape index (κ3) is 2.21. The van der Waals surface area contributed by atoms with Crippen LogP contribution in [0.3, 0.4) is 0 Å². The number of carboxylic acids is 1. The van der Waals surface area contributed by atoms with Crippen LogP contribution in [0.15, 0.2) is 9.21 Å². The van der Waals surface area contributed by atoms with Gasteiger partial charge in [-0.15, -0.1) is 0 Å². The third-order valence-corrected chi connectivity index (χ3v) is 1.53. The Hall–Kier alpha value is -1.52. The highest BCUT2D eigenvalue weighted by Crippen LogP contribution is 2.09. The zero-order chi connectivity index (χ0) is 10.0. The number of carboxylic acid groups (broad SMARTS) is 1. The van der Waals surface area contributed by atoms with Crippen molar-refractivity contribution in [1.29, 1.82) is 0 Å². The van der Waals surface area contributed by atoms with Gasteiger partial charge in [-0.3, -0.25) is 4.98 Å². The molecule has 13 heavy (non-hydrogen) atoms. The van der Waals surface area contributed by atoms with Crippen LogP contribution in [-0.2, 0) is 6.42 Å². The minimum absolute atomic E-state index is 0.140. The Bertz CT molecular complexity index is 360. The normalized spacial score (nSPS) is 10.7. The van der Waals surface area contributed by atoms with E-state index < -0.39 is 11.7 Å². The largest absolute Gasteiger partial charge is 0.476 e. The molecule has 1 rings (SSSR count). The number of H-pyrrole nitrogens is 1. The second-order valence-corrected chi connectivity index (χ2v) is 3.22. The smallest absolute Gasteiger partial charge is 0.417 e. The first-order valence-electron chi connectivity index (χ1n) is 3.96. The number of rotatable bonds is 3. The van der Waals surface area contributed by atoms with E-state index in [1.54, 1.807) is 0 Å². The number of aromatic nitrogens is 1. The van der Waals surface area contributed by atoms with Gasteiger partial charge >= 0.3 is 11.7 Å². The third-order valence-electron chi connectivity index (χ3n) is 1.53. The number of oxazole rings is 1. The predicted octanol–water partition coefficient (Wildman–Crippen LogP) is 0.865. The summed E-state index contributed by atoms with van der Waals surface area (Å²) in [5.74, 6) is -1.42. The van der Waals surface area contributed by atoms with Crippen LogP contribution in [0.2, 0.25) is 0 Å². The molecule has 0 bridgehead atoms. The zero-order valence-electron chi connectivity index (χ0n) is 7.46. The van der Waals surface area contributed by atoms with Crippen molar-refractivity contribution >= 4 is 5.97 Å². The van der Waals surface area contributed by atoms with Gasteiger partial charge in [-0.2, -0.15) is 0 Å². The predicted molar refractivity (Wildman–Crippen MR) is 44.8 cm³/mol. The van der Waals surface area contributed by atoms with Crippen molar-refractivity contribution in [3.8, 4) is 0 Å². The maximum absolute atomic E-state index is 10.7. The van der Waals surface area contributed by atoms with Crippen LogP contribution < -0.4 is 5.76 Å². The second-order valence-electron chi connectivity index (χ2n) is 3.22. The van der Waals surface area contributed by atoms with Gasteiger partial charge in [-0.25, -0.2) is 9.59 Å². The zero-order valence-corrected chi connectivity index (χ0v) is 7.46. The van der Waals surface area contributed by atoms with Gasteiger partial charge in [0.1, 0.15) is 5.76 Å². The number of hydrogen-bond donors (Lipinski definition) is 2. The van der Waals surface area contributed by atoms with Crippen molar-refractivity contribution in [1.82, 2.24) is 4.98 Å². The van der Waals surface area contributed by atoms with Crippen LogP contribution in [0.1, 0.15) is 30.1 Å². The average Bonchev–Trinajstić information content (AvgIpc) is 2.29. The van der Waals surface area contributed by atoms with E-state index >= 15 is 0 Å². The quantitative estimate of drug-likeness (QED) is 0.731. The monoisotopic (exact) mass is 185 g/mol. The van der Waals surface area contributed by atoms with Gasteiger partial charge in [0.2, 0.25) is 0 Å². The molecule has 0 aliphatic carbocycles. The molecule has 0 saturated heterocycles. The van der Waals surface area contributed by atoms with Crippen molar-refractivity contribution < 1.29 is 14.3 Å². The molecule has 0 atom stereocenters. The van der Waals surface area contributed by atoms with Crippen molar-refractivity contribution in [2.45, 2.75) is 20.3 Å². The molecule has 1 aromatic rings. The Kier molecular flexibility index (Phi) is 2.55. The summed E-state index contributed by atoms with van der Waals surface area (Å²) < 4.78 is 4.69. The van der Waals surface area contributed by atoms with Crippen LogP contribution in [0, 0.1) is 5.92 Å². The summed E-state index contributed by atoms with van der Waals surface area (Å²) in [6, 6.07) is 0. The van der Waals surface area contributed by atoms with Crippen LogP contribution in [0.5, 0.6) is 0 Å². The van der Waals surface area contributed by atoms with E-state index in [9.17, 15) is 9.59 Å². The number of nitrogens with one attached hydrogen (secondary N) is 1. The van der Waals surface area contributed by atoms with Crippen LogP contribution in [0.25, 0.3) is 0 Å². The molecule has 5 nitrogen and oxygen atoms in total. The summed E-state index contributed by atoms with van der Waals surface area (Å²) in [6.07, 6.45) is 0.445. The first-order chi connectivity index (χ1) is 6.00. The van der Waals surface area contributed by atoms with Gasteiger partial charge in [0.25, 0.3) is 0 Å². The van der Waals surface area contributed by atoms with E-state index in [4.69, 9.17) is 9.52 Å². The van der Waals surface area contributed by atoms with E-state index in [2.05, 4.69) is 4.98 Å². The highest BCUT2D eigenvalue weighted by atomic mass is 16.4. The fourth-order valence-corrected chi connectivity index (χ4v) is 1.05. The summed E-state index contributed by atoms with van der Waals surface area (Å²) in [5.41, 5.74) is -0.140. The topological polar surface area (TPSA) is 83.3 Å². The second kappa shape index (κ2) is 3.47. The lowest BCUT2D eigenvalue weighted by atomic mass is 10.1. The molecule has 0 unspecified atom stereocenters. The maximum Gasteiger partial charge on any atom is 0.417 e. The molecule has 0 aliphatic rings. The molecule has 5 heteroatoms. The molecule has 0 saturated carbocycles. The van der Waals surface area contributed by atoms with E-state index in [1.165, 1.54) is 0 Å². The van der Waals surface area contributed by atoms with Crippen LogP contribution in [0.4, 0.5) is 0 Å². The summed E-state index contributed by atoms with van der Waals surface area (Å²) in [6.45, 7) is 3.83. The summed E-state index contributed by atoms with van der Waals surface area (Å²) >= 11 is 0. The summed E-state index contributed by atoms with van der Waals surface area (Å²) in [7, 11) is 0. The van der Waals surface area contributed by atoms with Gasteiger partial charge in [-0.05, 0) is 5.92 Å². The Morgan fingerprint density at radius 2 is 2.23 bits per heavy atom. The van der Waals surface area contributed by atoms with Crippen LogP contribution in [-0.4, -0.2) is 16.1 Å². The summed E-state index contributed by atoms with van der Waals surface area (Å²) in [5, 5.41) is 8.66. The van der Waals surface area contributed by atoms with Gasteiger partial charge in [0, 0.05) is 6.42 Å². The fraction of sp³-hybridized carbons (Fsp3) is 0.500. The maximum atomic E-state index is 10.7. The average molecular weight is 185 g/mol. The molecule has 1 heterocycles. The van der Waals surface area contributed by atoms with Gasteiger partial charge in [0.15, 0.2) is 5.69 Å². The molecule has 0 aliphatic heterocycles. The molecular weight excluding hydrogens is 174 g/mol. The van der Waals surface area contributed by atoms with E-state index in [1.807, 2.05) is 13.8 Å². The lowest BCUT2D eigenvalue weighted by Gasteiger charge is -2.00. The van der Waals surface area contributed by atoms with Gasteiger partial charge < -0.3 is 9.52 Å². The van der Waals surface area contributed by atoms with E-state index in [-0.39, 0.29) is 17.4 Å². The molecule has 2 N–H and O–H groups in total. The first kappa shape index (κ1) is 9.57. The lowest BCUT2D eigenvalue weighted by molar-refractivity contribution is 0.0688. The lowest BCUT2D eigenvalue weighted by Crippen LogP contribution is -2.05. The number of aromatic carboxylic acids is 1. The Balaban J connectivity index is 3.04. The highest BCUT2D eigenvalue weighted by Gasteiger charge is 2.16. The highest BCUT2D eigenvalue weighted by molar-refractivity contribution is 5.86.